The summed E-state index contributed by atoms with van der Waals surface area (Å²) in [6.07, 6.45) is 48.8. The van der Waals surface area contributed by atoms with Crippen LogP contribution >= 0.6 is 0 Å². The van der Waals surface area contributed by atoms with E-state index in [4.69, 9.17) is 0 Å². The normalized spacial score (nSPS) is 11.4. The van der Waals surface area contributed by atoms with Gasteiger partial charge < -0.3 is 0 Å². The van der Waals surface area contributed by atoms with Crippen LogP contribution in [0.3, 0.4) is 0 Å². The fourth-order valence-corrected chi connectivity index (χ4v) is 6.94. The Morgan fingerprint density at radius 1 is 0.326 bits per heavy atom. The van der Waals surface area contributed by atoms with Crippen LogP contribution in [-0.2, 0) is 12.8 Å². The van der Waals surface area contributed by atoms with Gasteiger partial charge in [0.25, 0.3) is 0 Å². The second-order valence-electron chi connectivity index (χ2n) is 14.5. The summed E-state index contributed by atoms with van der Waals surface area (Å²) in [6.45, 7) is 4.60. The van der Waals surface area contributed by atoms with Gasteiger partial charge in [-0.1, -0.05) is 194 Å². The molecule has 0 unspecified atom stereocenters. The molecule has 2 heterocycles. The lowest BCUT2D eigenvalue weighted by Crippen LogP contribution is -1.94. The molecule has 0 saturated heterocycles. The molecule has 2 heteroatoms. The molecule has 0 aliphatic carbocycles. The number of unbranched alkanes of at least 4 members (excludes halogenated alkanes) is 28. The Kier molecular flexibility index (Phi) is 26.9. The van der Waals surface area contributed by atoms with Gasteiger partial charge in [-0.25, -0.2) is 0 Å². The van der Waals surface area contributed by atoms with Gasteiger partial charge in [0.2, 0.25) is 0 Å². The molecule has 0 atom stereocenters. The lowest BCUT2D eigenvalue weighted by Gasteiger charge is -2.07. The van der Waals surface area contributed by atoms with Crippen LogP contribution in [0.25, 0.3) is 11.4 Å². The Balaban J connectivity index is 1.47. The van der Waals surface area contributed by atoms with E-state index in [1.807, 2.05) is 12.4 Å². The molecule has 2 aromatic rings. The van der Waals surface area contributed by atoms with Gasteiger partial charge in [0.15, 0.2) is 0 Å². The zero-order chi connectivity index (χ0) is 32.6. The molecule has 0 spiro atoms. The van der Waals surface area contributed by atoms with Crippen LogP contribution in [-0.4, -0.2) is 9.97 Å². The van der Waals surface area contributed by atoms with E-state index in [9.17, 15) is 0 Å². The van der Waals surface area contributed by atoms with E-state index in [0.29, 0.717) is 0 Å². The van der Waals surface area contributed by atoms with Crippen molar-refractivity contribution in [3.8, 4) is 11.4 Å². The predicted octanol–water partition coefficient (Wildman–Crippen LogP) is 15.0. The van der Waals surface area contributed by atoms with Crippen LogP contribution < -0.4 is 0 Å². The summed E-state index contributed by atoms with van der Waals surface area (Å²) in [7, 11) is 0. The largest absolute Gasteiger partial charge is 0.255 e. The predicted molar refractivity (Wildman–Crippen MR) is 205 cm³/mol. The summed E-state index contributed by atoms with van der Waals surface area (Å²) in [4.78, 5) is 9.37. The second kappa shape index (κ2) is 30.6. The number of nitrogens with zero attached hydrogens (tertiary/aromatic N) is 2. The topological polar surface area (TPSA) is 25.8 Å². The quantitative estimate of drug-likeness (QED) is 0.0732. The maximum absolute atomic E-state index is 4.69. The third-order valence-electron chi connectivity index (χ3n) is 10.0. The average Bonchev–Trinajstić information content (AvgIpc) is 3.08. The first-order valence-electron chi connectivity index (χ1n) is 20.7. The molecular weight excluding hydrogens is 556 g/mol. The molecular formula is C44H76N2. The summed E-state index contributed by atoms with van der Waals surface area (Å²) in [6, 6.07) is 8.96. The van der Waals surface area contributed by atoms with Gasteiger partial charge in [-0.05, 0) is 61.1 Å². The molecule has 46 heavy (non-hydrogen) atoms. The van der Waals surface area contributed by atoms with Crippen molar-refractivity contribution in [2.75, 3.05) is 0 Å². The third kappa shape index (κ3) is 22.8. The summed E-state index contributed by atoms with van der Waals surface area (Å²) >= 11 is 0. The first kappa shape index (κ1) is 40.5. The third-order valence-corrected chi connectivity index (χ3v) is 10.0. The molecule has 0 amide bonds. The summed E-state index contributed by atoms with van der Waals surface area (Å²) in [5.74, 6) is 0. The van der Waals surface area contributed by atoms with Crippen LogP contribution in [0.5, 0.6) is 0 Å². The van der Waals surface area contributed by atoms with E-state index in [2.05, 4.69) is 48.1 Å². The summed E-state index contributed by atoms with van der Waals surface area (Å²) < 4.78 is 0. The minimum atomic E-state index is 1.04. The SMILES string of the molecule is CCCCCCCCCCCCCCCCCc1ccnc(-c2cc(CCCCCCCCCCCCCCCCC)ccn2)c1. The van der Waals surface area contributed by atoms with E-state index in [-0.39, 0.29) is 0 Å². The maximum Gasteiger partial charge on any atom is 0.0888 e. The monoisotopic (exact) mass is 633 g/mol. The van der Waals surface area contributed by atoms with Crippen molar-refractivity contribution in [3.05, 3.63) is 47.8 Å². The molecule has 0 fully saturated rings. The highest BCUT2D eigenvalue weighted by Crippen LogP contribution is 2.20. The van der Waals surface area contributed by atoms with Gasteiger partial charge in [0.05, 0.1) is 11.4 Å². The van der Waals surface area contributed by atoms with Crippen molar-refractivity contribution >= 4 is 0 Å². The zero-order valence-electron chi connectivity index (χ0n) is 31.0. The van der Waals surface area contributed by atoms with E-state index < -0.39 is 0 Å². The van der Waals surface area contributed by atoms with Gasteiger partial charge >= 0.3 is 0 Å². The zero-order valence-corrected chi connectivity index (χ0v) is 31.0. The van der Waals surface area contributed by atoms with Gasteiger partial charge in [-0.2, -0.15) is 0 Å². The van der Waals surface area contributed by atoms with Crippen molar-refractivity contribution in [1.29, 1.82) is 0 Å². The summed E-state index contributed by atoms with van der Waals surface area (Å²) in [5, 5.41) is 0. The van der Waals surface area contributed by atoms with E-state index in [0.717, 1.165) is 24.2 Å². The molecule has 0 aliphatic rings. The highest BCUT2D eigenvalue weighted by atomic mass is 14.8. The fourth-order valence-electron chi connectivity index (χ4n) is 6.94. The number of pyridine rings is 2. The lowest BCUT2D eigenvalue weighted by molar-refractivity contribution is 0.532. The van der Waals surface area contributed by atoms with Gasteiger partial charge in [0, 0.05) is 12.4 Å². The average molecular weight is 633 g/mol. The van der Waals surface area contributed by atoms with Gasteiger partial charge in [-0.15, -0.1) is 0 Å². The van der Waals surface area contributed by atoms with Crippen LogP contribution in [0.15, 0.2) is 36.7 Å². The van der Waals surface area contributed by atoms with E-state index in [1.165, 1.54) is 204 Å². The molecule has 0 N–H and O–H groups in total. The molecule has 2 nitrogen and oxygen atoms in total. The van der Waals surface area contributed by atoms with Crippen molar-refractivity contribution in [3.63, 3.8) is 0 Å². The lowest BCUT2D eigenvalue weighted by atomic mass is 10.0. The first-order chi connectivity index (χ1) is 22.8. The van der Waals surface area contributed by atoms with E-state index >= 15 is 0 Å². The van der Waals surface area contributed by atoms with Crippen molar-refractivity contribution in [2.24, 2.45) is 0 Å². The molecule has 0 aromatic carbocycles. The highest BCUT2D eigenvalue weighted by molar-refractivity contribution is 5.55. The second-order valence-corrected chi connectivity index (χ2v) is 14.5. The molecule has 2 aromatic heterocycles. The number of aryl methyl sites for hydroxylation is 2. The Morgan fingerprint density at radius 2 is 0.565 bits per heavy atom. The van der Waals surface area contributed by atoms with Crippen LogP contribution in [0.2, 0.25) is 0 Å². The number of hydrogen-bond acceptors (Lipinski definition) is 2. The van der Waals surface area contributed by atoms with Crippen molar-refractivity contribution in [2.45, 2.75) is 219 Å². The minimum absolute atomic E-state index is 1.04. The van der Waals surface area contributed by atoms with Gasteiger partial charge in [-0.3, -0.25) is 9.97 Å². The molecule has 0 radical (unpaired) electrons. The Hall–Kier alpha value is -1.70. The van der Waals surface area contributed by atoms with Gasteiger partial charge in [0.1, 0.15) is 0 Å². The Bertz CT molecular complexity index is 846. The standard InChI is InChI=1S/C44H76N2/c1-3-5-7-9-11-13-15-17-19-21-23-25-27-29-31-33-41-35-37-45-43(39-41)44-40-42(36-38-46-44)34-32-30-28-26-24-22-20-18-16-14-12-10-8-6-4-2/h35-40H,3-34H2,1-2H3. The van der Waals surface area contributed by atoms with Crippen LogP contribution in [0.1, 0.15) is 218 Å². The molecule has 0 bridgehead atoms. The number of aromatic nitrogens is 2. The number of hydrogen-bond donors (Lipinski definition) is 0. The first-order valence-corrected chi connectivity index (χ1v) is 20.7. The molecule has 2 rings (SSSR count). The smallest absolute Gasteiger partial charge is 0.0888 e. The Labute approximate surface area is 287 Å². The van der Waals surface area contributed by atoms with Crippen LogP contribution in [0.4, 0.5) is 0 Å². The Morgan fingerprint density at radius 3 is 0.826 bits per heavy atom. The maximum atomic E-state index is 4.69. The highest BCUT2D eigenvalue weighted by Gasteiger charge is 2.05. The van der Waals surface area contributed by atoms with Crippen LogP contribution in [0, 0.1) is 0 Å². The van der Waals surface area contributed by atoms with Crippen molar-refractivity contribution in [1.82, 2.24) is 9.97 Å². The molecule has 262 valence electrons. The fraction of sp³-hybridized carbons (Fsp3) is 0.773. The minimum Gasteiger partial charge on any atom is -0.255 e. The van der Waals surface area contributed by atoms with E-state index in [1.54, 1.807) is 0 Å². The molecule has 0 aliphatic heterocycles. The van der Waals surface area contributed by atoms with Crippen molar-refractivity contribution < 1.29 is 0 Å². The number of rotatable bonds is 33. The molecule has 0 saturated carbocycles. The summed E-state index contributed by atoms with van der Waals surface area (Å²) in [5.41, 5.74) is 4.90.